The molecule has 0 unspecified atom stereocenters. The molecule has 0 aliphatic carbocycles. The Morgan fingerprint density at radius 2 is 1.68 bits per heavy atom. The van der Waals surface area contributed by atoms with Crippen molar-refractivity contribution in [2.75, 3.05) is 10.5 Å². The fourth-order valence-corrected chi connectivity index (χ4v) is 4.29. The van der Waals surface area contributed by atoms with E-state index in [1.807, 2.05) is 12.1 Å². The molecule has 5 rings (SSSR count). The zero-order valence-corrected chi connectivity index (χ0v) is 17.0. The van der Waals surface area contributed by atoms with E-state index in [0.29, 0.717) is 28.7 Å². The molecule has 5 aromatic rings. The summed E-state index contributed by atoms with van der Waals surface area (Å²) in [5, 5.41) is 4.38. The number of hydrogen-bond acceptors (Lipinski definition) is 6. The second-order valence-electron chi connectivity index (χ2n) is 6.85. The molecule has 0 aliphatic rings. The number of nitrogens with one attached hydrogen (secondary N) is 1. The second-order valence-corrected chi connectivity index (χ2v) is 8.53. The van der Waals surface area contributed by atoms with E-state index in [9.17, 15) is 8.42 Å². The van der Waals surface area contributed by atoms with Crippen LogP contribution >= 0.6 is 0 Å². The summed E-state index contributed by atoms with van der Waals surface area (Å²) in [6.45, 7) is 0. The van der Waals surface area contributed by atoms with Crippen LogP contribution in [0.5, 0.6) is 0 Å². The van der Waals surface area contributed by atoms with E-state index in [1.54, 1.807) is 73.0 Å². The standard InChI is InChI=1S/C22H17N5O3S/c23-20-13-16(14-21-24-22(25-27(20)21)19-7-4-12-30-19)15-8-10-18(11-9-15)31(28,29)26-17-5-2-1-3-6-17/h1-14,26H,23H2. The number of hydrogen-bond donors (Lipinski definition) is 2. The predicted octanol–water partition coefficient (Wildman–Crippen LogP) is 4.04. The zero-order valence-electron chi connectivity index (χ0n) is 16.1. The summed E-state index contributed by atoms with van der Waals surface area (Å²) in [6.07, 6.45) is 1.55. The van der Waals surface area contributed by atoms with Gasteiger partial charge in [0.15, 0.2) is 11.4 Å². The number of nitrogens with two attached hydrogens (primary N) is 1. The van der Waals surface area contributed by atoms with Crippen LogP contribution in [0.15, 0.2) is 94.4 Å². The van der Waals surface area contributed by atoms with Crippen LogP contribution in [0.4, 0.5) is 11.5 Å². The van der Waals surface area contributed by atoms with Crippen LogP contribution in [0.2, 0.25) is 0 Å². The van der Waals surface area contributed by atoms with E-state index >= 15 is 0 Å². The van der Waals surface area contributed by atoms with Gasteiger partial charge in [-0.15, -0.1) is 5.10 Å². The number of furan rings is 1. The number of anilines is 2. The van der Waals surface area contributed by atoms with E-state index in [0.717, 1.165) is 11.1 Å². The Labute approximate surface area is 178 Å². The van der Waals surface area contributed by atoms with Crippen molar-refractivity contribution in [3.8, 4) is 22.7 Å². The molecule has 0 radical (unpaired) electrons. The predicted molar refractivity (Wildman–Crippen MR) is 118 cm³/mol. The lowest BCUT2D eigenvalue weighted by Gasteiger charge is -2.09. The number of para-hydroxylation sites is 1. The van der Waals surface area contributed by atoms with Crippen molar-refractivity contribution >= 4 is 27.2 Å². The number of benzene rings is 2. The van der Waals surface area contributed by atoms with Crippen LogP contribution in [0.25, 0.3) is 28.4 Å². The molecule has 0 saturated heterocycles. The van der Waals surface area contributed by atoms with Gasteiger partial charge in [0.1, 0.15) is 5.82 Å². The van der Waals surface area contributed by atoms with Gasteiger partial charge in [-0.05, 0) is 59.7 Å². The van der Waals surface area contributed by atoms with Crippen LogP contribution in [-0.4, -0.2) is 23.0 Å². The fraction of sp³-hybridized carbons (Fsp3) is 0. The molecule has 2 aromatic carbocycles. The summed E-state index contributed by atoms with van der Waals surface area (Å²) in [5.41, 5.74) is 8.83. The maximum atomic E-state index is 12.6. The van der Waals surface area contributed by atoms with Crippen LogP contribution in [0.3, 0.4) is 0 Å². The summed E-state index contributed by atoms with van der Waals surface area (Å²) >= 11 is 0. The van der Waals surface area contributed by atoms with Gasteiger partial charge in [-0.3, -0.25) is 4.72 Å². The van der Waals surface area contributed by atoms with Crippen molar-refractivity contribution in [2.45, 2.75) is 4.90 Å². The summed E-state index contributed by atoms with van der Waals surface area (Å²) < 4.78 is 34.7. The van der Waals surface area contributed by atoms with Gasteiger partial charge in [0.25, 0.3) is 10.0 Å². The van der Waals surface area contributed by atoms with Gasteiger partial charge in [-0.1, -0.05) is 30.3 Å². The van der Waals surface area contributed by atoms with Gasteiger partial charge in [-0.25, -0.2) is 13.4 Å². The number of aromatic nitrogens is 3. The van der Waals surface area contributed by atoms with E-state index in [1.165, 1.54) is 4.52 Å². The molecule has 0 aliphatic heterocycles. The first kappa shape index (κ1) is 18.9. The van der Waals surface area contributed by atoms with Crippen LogP contribution < -0.4 is 10.5 Å². The SMILES string of the molecule is Nc1cc(-c2ccc(S(=O)(=O)Nc3ccccc3)cc2)cc2nc(-c3ccco3)nn12. The number of pyridine rings is 1. The van der Waals surface area contributed by atoms with Gasteiger partial charge in [0.05, 0.1) is 11.2 Å². The van der Waals surface area contributed by atoms with Gasteiger partial charge < -0.3 is 10.2 Å². The molecule has 8 nitrogen and oxygen atoms in total. The topological polar surface area (TPSA) is 116 Å². The highest BCUT2D eigenvalue weighted by Gasteiger charge is 2.15. The first-order chi connectivity index (χ1) is 15.0. The molecular weight excluding hydrogens is 414 g/mol. The summed E-state index contributed by atoms with van der Waals surface area (Å²) in [7, 11) is -3.69. The Hall–Kier alpha value is -4.11. The Balaban J connectivity index is 1.46. The molecule has 3 N–H and O–H groups in total. The maximum Gasteiger partial charge on any atom is 0.261 e. The highest BCUT2D eigenvalue weighted by Crippen LogP contribution is 2.27. The maximum absolute atomic E-state index is 12.6. The third-order valence-electron chi connectivity index (χ3n) is 4.73. The van der Waals surface area contributed by atoms with E-state index in [2.05, 4.69) is 14.8 Å². The van der Waals surface area contributed by atoms with Gasteiger partial charge >= 0.3 is 0 Å². The van der Waals surface area contributed by atoms with Crippen LogP contribution in [-0.2, 0) is 10.0 Å². The smallest absolute Gasteiger partial charge is 0.261 e. The third-order valence-corrected chi connectivity index (χ3v) is 6.13. The molecule has 154 valence electrons. The molecule has 0 amide bonds. The zero-order chi connectivity index (χ0) is 21.4. The van der Waals surface area contributed by atoms with Crippen molar-refractivity contribution in [3.63, 3.8) is 0 Å². The minimum atomic E-state index is -3.69. The molecule has 3 aromatic heterocycles. The van der Waals surface area contributed by atoms with Crippen molar-refractivity contribution in [1.29, 1.82) is 0 Å². The second kappa shape index (κ2) is 7.29. The van der Waals surface area contributed by atoms with Gasteiger partial charge in [0.2, 0.25) is 5.82 Å². The van der Waals surface area contributed by atoms with Crippen LogP contribution in [0, 0.1) is 0 Å². The molecule has 31 heavy (non-hydrogen) atoms. The number of rotatable bonds is 5. The quantitative estimate of drug-likeness (QED) is 0.434. The van der Waals surface area contributed by atoms with Gasteiger partial charge in [0, 0.05) is 5.69 Å². The molecule has 0 bridgehead atoms. The van der Waals surface area contributed by atoms with Crippen LogP contribution in [0.1, 0.15) is 0 Å². The first-order valence-electron chi connectivity index (χ1n) is 9.38. The van der Waals surface area contributed by atoms with Crippen molar-refractivity contribution in [2.24, 2.45) is 0 Å². The molecule has 3 heterocycles. The number of fused-ring (bicyclic) bond motifs is 1. The highest BCUT2D eigenvalue weighted by molar-refractivity contribution is 7.92. The Morgan fingerprint density at radius 1 is 0.903 bits per heavy atom. The summed E-state index contributed by atoms with van der Waals surface area (Å²) in [6, 6.07) is 22.4. The Kier molecular flexibility index (Phi) is 4.45. The van der Waals surface area contributed by atoms with Gasteiger partial charge in [-0.2, -0.15) is 4.52 Å². The first-order valence-corrected chi connectivity index (χ1v) is 10.9. The molecular formula is C22H17N5O3S. The Bertz CT molecular complexity index is 1460. The molecule has 0 fully saturated rings. The van der Waals surface area contributed by atoms with Crippen molar-refractivity contribution in [1.82, 2.24) is 14.6 Å². The lowest BCUT2D eigenvalue weighted by atomic mass is 10.1. The fourth-order valence-electron chi connectivity index (χ4n) is 3.23. The lowest BCUT2D eigenvalue weighted by Crippen LogP contribution is -2.12. The third kappa shape index (κ3) is 3.62. The molecule has 9 heteroatoms. The average molecular weight is 431 g/mol. The summed E-state index contributed by atoms with van der Waals surface area (Å²) in [4.78, 5) is 4.64. The van der Waals surface area contributed by atoms with E-state index in [-0.39, 0.29) is 4.90 Å². The normalized spacial score (nSPS) is 11.6. The average Bonchev–Trinajstić information content (AvgIpc) is 3.44. The highest BCUT2D eigenvalue weighted by atomic mass is 32.2. The van der Waals surface area contributed by atoms with Crippen molar-refractivity contribution < 1.29 is 12.8 Å². The Morgan fingerprint density at radius 3 is 2.39 bits per heavy atom. The molecule has 0 saturated carbocycles. The number of nitrogens with zero attached hydrogens (tertiary/aromatic N) is 3. The lowest BCUT2D eigenvalue weighted by molar-refractivity contribution is 0.577. The van der Waals surface area contributed by atoms with E-state index in [4.69, 9.17) is 10.2 Å². The molecule has 0 spiro atoms. The largest absolute Gasteiger partial charge is 0.461 e. The van der Waals surface area contributed by atoms with E-state index < -0.39 is 10.0 Å². The molecule has 0 atom stereocenters. The minimum Gasteiger partial charge on any atom is -0.461 e. The monoisotopic (exact) mass is 431 g/mol. The summed E-state index contributed by atoms with van der Waals surface area (Å²) in [5.74, 6) is 1.38. The van der Waals surface area contributed by atoms with Crippen molar-refractivity contribution in [3.05, 3.63) is 85.1 Å². The number of nitrogen functional groups attached to an aromatic ring is 1. The minimum absolute atomic E-state index is 0.164. The number of sulfonamides is 1.